The van der Waals surface area contributed by atoms with Crippen LogP contribution in [0.4, 0.5) is 4.79 Å². The van der Waals surface area contributed by atoms with E-state index in [0.717, 1.165) is 47.9 Å². The molecule has 164 valence electrons. The van der Waals surface area contributed by atoms with Crippen LogP contribution in [0.3, 0.4) is 0 Å². The quantitative estimate of drug-likeness (QED) is 0.653. The average molecular weight is 422 g/mol. The Bertz CT molecular complexity index is 923. The van der Waals surface area contributed by atoms with E-state index in [1.54, 1.807) is 4.90 Å². The van der Waals surface area contributed by atoms with Crippen LogP contribution in [0.5, 0.6) is 0 Å². The minimum Gasteiger partial charge on any atom is -0.436 e. The lowest BCUT2D eigenvalue weighted by atomic mass is 9.74. The molecule has 0 bridgehead atoms. The fraction of sp³-hybridized carbons (Fsp3) is 0.500. The second-order valence-electron chi connectivity index (χ2n) is 9.53. The normalized spacial score (nSPS) is 20.5. The van der Waals surface area contributed by atoms with Gasteiger partial charge in [0.15, 0.2) is 11.9 Å². The van der Waals surface area contributed by atoms with Crippen molar-refractivity contribution in [1.29, 1.82) is 0 Å². The molecule has 5 nitrogen and oxygen atoms in total. The Morgan fingerprint density at radius 1 is 0.968 bits per heavy atom. The van der Waals surface area contributed by atoms with Gasteiger partial charge in [0.05, 0.1) is 13.2 Å². The lowest BCUT2D eigenvalue weighted by Crippen LogP contribution is -2.52. The molecule has 5 rings (SSSR count). The summed E-state index contributed by atoms with van der Waals surface area (Å²) in [4.78, 5) is 15.1. The summed E-state index contributed by atoms with van der Waals surface area (Å²) in [6.45, 7) is 5.66. The Hall–Kier alpha value is -2.37. The predicted molar refractivity (Wildman–Crippen MR) is 119 cm³/mol. The highest BCUT2D eigenvalue weighted by Crippen LogP contribution is 2.46. The number of hydrogen-bond donors (Lipinski definition) is 0. The van der Waals surface area contributed by atoms with Crippen molar-refractivity contribution in [2.24, 2.45) is 5.92 Å². The smallest absolute Gasteiger partial charge is 0.410 e. The molecule has 5 heteroatoms. The molecule has 0 atom stereocenters. The van der Waals surface area contributed by atoms with Crippen LogP contribution in [-0.2, 0) is 14.2 Å². The largest absolute Gasteiger partial charge is 0.436 e. The molecule has 31 heavy (non-hydrogen) atoms. The van der Waals surface area contributed by atoms with Gasteiger partial charge >= 0.3 is 6.09 Å². The van der Waals surface area contributed by atoms with Gasteiger partial charge in [-0.15, -0.1) is 0 Å². The molecule has 1 amide bonds. The van der Waals surface area contributed by atoms with Gasteiger partial charge in [0.25, 0.3) is 0 Å². The first-order valence-corrected chi connectivity index (χ1v) is 11.3. The number of benzene rings is 2. The Balaban J connectivity index is 1.31. The lowest BCUT2D eigenvalue weighted by Gasteiger charge is -2.46. The van der Waals surface area contributed by atoms with Crippen LogP contribution in [0.1, 0.15) is 56.8 Å². The van der Waals surface area contributed by atoms with Gasteiger partial charge in [0, 0.05) is 36.6 Å². The van der Waals surface area contributed by atoms with Crippen molar-refractivity contribution in [3.63, 3.8) is 0 Å². The van der Waals surface area contributed by atoms with E-state index >= 15 is 0 Å². The van der Waals surface area contributed by atoms with Crippen molar-refractivity contribution in [3.05, 3.63) is 59.7 Å². The van der Waals surface area contributed by atoms with Gasteiger partial charge in [0.1, 0.15) is 0 Å². The number of ether oxygens (including phenoxy) is 3. The summed E-state index contributed by atoms with van der Waals surface area (Å²) < 4.78 is 17.9. The van der Waals surface area contributed by atoms with Gasteiger partial charge in [0.2, 0.25) is 0 Å². The highest BCUT2D eigenvalue weighted by atomic mass is 16.7. The van der Waals surface area contributed by atoms with E-state index in [0.29, 0.717) is 19.1 Å². The van der Waals surface area contributed by atoms with Crippen molar-refractivity contribution < 1.29 is 19.0 Å². The van der Waals surface area contributed by atoms with Crippen molar-refractivity contribution >= 4 is 6.09 Å². The summed E-state index contributed by atoms with van der Waals surface area (Å²) in [6, 6.07) is 16.4. The number of fused-ring (bicyclic) bond motifs is 3. The molecule has 0 radical (unpaired) electrons. The molecule has 1 saturated heterocycles. The molecule has 0 unspecified atom stereocenters. The minimum atomic E-state index is -0.386. The Kier molecular flexibility index (Phi) is 5.06. The van der Waals surface area contributed by atoms with Crippen molar-refractivity contribution in [3.8, 4) is 11.1 Å². The maximum Gasteiger partial charge on any atom is 0.410 e. The molecule has 1 aliphatic heterocycles. The van der Waals surface area contributed by atoms with Gasteiger partial charge in [-0.25, -0.2) is 4.79 Å². The highest BCUT2D eigenvalue weighted by Gasteiger charge is 2.46. The van der Waals surface area contributed by atoms with Gasteiger partial charge < -0.3 is 19.1 Å². The van der Waals surface area contributed by atoms with Crippen LogP contribution in [0.2, 0.25) is 0 Å². The minimum absolute atomic E-state index is 0.282. The third kappa shape index (κ3) is 3.44. The predicted octanol–water partition coefficient (Wildman–Crippen LogP) is 5.54. The summed E-state index contributed by atoms with van der Waals surface area (Å²) in [5.41, 5.74) is 4.07. The summed E-state index contributed by atoms with van der Waals surface area (Å²) in [5, 5.41) is 0. The SMILES string of the molecule is CN(C(=O)OC1c2ccccc2-c2ccccc21)C(C)(C)C1CCC2(CC1)OCCO2. The Morgan fingerprint density at radius 3 is 2.03 bits per heavy atom. The van der Waals surface area contributed by atoms with Crippen LogP contribution >= 0.6 is 0 Å². The average Bonchev–Trinajstić information content (AvgIpc) is 3.37. The zero-order valence-corrected chi connectivity index (χ0v) is 18.6. The van der Waals surface area contributed by atoms with E-state index in [4.69, 9.17) is 14.2 Å². The molecule has 0 aromatic heterocycles. The van der Waals surface area contributed by atoms with Crippen molar-refractivity contribution in [2.75, 3.05) is 20.3 Å². The monoisotopic (exact) mass is 421 g/mol. The topological polar surface area (TPSA) is 48.0 Å². The van der Waals surface area contributed by atoms with E-state index in [-0.39, 0.29) is 23.5 Å². The number of carbonyl (C=O) groups excluding carboxylic acids is 1. The Morgan fingerprint density at radius 2 is 1.48 bits per heavy atom. The fourth-order valence-corrected chi connectivity index (χ4v) is 5.48. The second kappa shape index (κ2) is 7.64. The van der Waals surface area contributed by atoms with Gasteiger partial charge in [-0.1, -0.05) is 48.5 Å². The highest BCUT2D eigenvalue weighted by molar-refractivity contribution is 5.79. The standard InChI is InChI=1S/C26H31NO4/c1-25(2,18-12-14-26(15-13-18)29-16-17-30-26)27(3)24(28)31-23-21-10-6-4-8-19(21)20-9-5-7-11-22(20)23/h4-11,18,23H,12-17H2,1-3H3. The zero-order chi connectivity index (χ0) is 21.6. The summed E-state index contributed by atoms with van der Waals surface area (Å²) in [6.07, 6.45) is 3.06. The molecule has 1 spiro atoms. The first-order chi connectivity index (χ1) is 14.9. The number of amides is 1. The van der Waals surface area contributed by atoms with Crippen LogP contribution in [0, 0.1) is 5.92 Å². The number of nitrogens with zero attached hydrogens (tertiary/aromatic N) is 1. The van der Waals surface area contributed by atoms with Crippen LogP contribution in [0.15, 0.2) is 48.5 Å². The second-order valence-corrected chi connectivity index (χ2v) is 9.53. The summed E-state index contributed by atoms with van der Waals surface area (Å²) in [5.74, 6) is -0.0187. The lowest BCUT2D eigenvalue weighted by molar-refractivity contribution is -0.187. The molecule has 1 heterocycles. The first kappa shape index (κ1) is 20.5. The number of rotatable bonds is 3. The van der Waals surface area contributed by atoms with Crippen molar-refractivity contribution in [1.82, 2.24) is 4.90 Å². The molecule has 2 aromatic rings. The number of carbonyl (C=O) groups is 1. The van der Waals surface area contributed by atoms with E-state index in [1.807, 2.05) is 31.3 Å². The Labute approximate surface area is 184 Å². The zero-order valence-electron chi connectivity index (χ0n) is 18.6. The molecule has 2 fully saturated rings. The third-order valence-electron chi connectivity index (χ3n) is 7.69. The molecular formula is C26H31NO4. The van der Waals surface area contributed by atoms with Gasteiger partial charge in [-0.3, -0.25) is 0 Å². The van der Waals surface area contributed by atoms with Gasteiger partial charge in [-0.05, 0) is 43.7 Å². The summed E-state index contributed by atoms with van der Waals surface area (Å²) in [7, 11) is 1.86. The number of hydrogen-bond acceptors (Lipinski definition) is 4. The maximum atomic E-state index is 13.3. The molecule has 2 aliphatic carbocycles. The van der Waals surface area contributed by atoms with E-state index in [1.165, 1.54) is 0 Å². The summed E-state index contributed by atoms with van der Waals surface area (Å²) >= 11 is 0. The molecule has 1 saturated carbocycles. The van der Waals surface area contributed by atoms with Crippen LogP contribution < -0.4 is 0 Å². The maximum absolute atomic E-state index is 13.3. The van der Waals surface area contributed by atoms with Gasteiger partial charge in [-0.2, -0.15) is 0 Å². The van der Waals surface area contributed by atoms with Crippen molar-refractivity contribution in [2.45, 2.75) is 57.0 Å². The van der Waals surface area contributed by atoms with Crippen LogP contribution in [0.25, 0.3) is 11.1 Å². The van der Waals surface area contributed by atoms with Crippen LogP contribution in [-0.4, -0.2) is 42.6 Å². The molecule has 0 N–H and O–H groups in total. The fourth-order valence-electron chi connectivity index (χ4n) is 5.48. The van der Waals surface area contributed by atoms with E-state index in [2.05, 4.69) is 38.1 Å². The third-order valence-corrected chi connectivity index (χ3v) is 7.69. The molecular weight excluding hydrogens is 390 g/mol. The van der Waals surface area contributed by atoms with E-state index < -0.39 is 0 Å². The molecule has 2 aromatic carbocycles. The molecule has 3 aliphatic rings. The van der Waals surface area contributed by atoms with E-state index in [9.17, 15) is 4.79 Å². The first-order valence-electron chi connectivity index (χ1n) is 11.3.